The summed E-state index contributed by atoms with van der Waals surface area (Å²) in [5.41, 5.74) is 1.15. The van der Waals surface area contributed by atoms with E-state index in [-0.39, 0.29) is 17.6 Å². The highest BCUT2D eigenvalue weighted by molar-refractivity contribution is 5.92. The van der Waals surface area contributed by atoms with Gasteiger partial charge in [0.1, 0.15) is 5.69 Å². The van der Waals surface area contributed by atoms with Gasteiger partial charge in [0.15, 0.2) is 0 Å². The van der Waals surface area contributed by atoms with Crippen molar-refractivity contribution in [2.24, 2.45) is 0 Å². The Morgan fingerprint density at radius 3 is 3.00 bits per heavy atom. The van der Waals surface area contributed by atoms with Crippen molar-refractivity contribution in [1.82, 2.24) is 20.1 Å². The lowest BCUT2D eigenvalue weighted by molar-refractivity contribution is -0.102. The van der Waals surface area contributed by atoms with Gasteiger partial charge in [0.05, 0.1) is 17.4 Å². The third-order valence-electron chi connectivity index (χ3n) is 4.98. The van der Waals surface area contributed by atoms with Crippen molar-refractivity contribution in [3.63, 3.8) is 0 Å². The number of hydrogen-bond acceptors (Lipinski definition) is 5. The average Bonchev–Trinajstić information content (AvgIpc) is 3.31. The van der Waals surface area contributed by atoms with Crippen molar-refractivity contribution in [2.45, 2.75) is 37.4 Å². The number of carbonyl (C=O) groups is 1. The zero-order valence-electron chi connectivity index (χ0n) is 14.1. The topological polar surface area (TPSA) is 78.3 Å². The van der Waals surface area contributed by atoms with E-state index < -0.39 is 0 Å². The SMILES string of the molecule is O=C(NCC1CCC2(CCOCC2)O1)c1cc(-n2cccn2)ccn1. The maximum Gasteiger partial charge on any atom is 0.270 e. The second-order valence-corrected chi connectivity index (χ2v) is 6.63. The predicted molar refractivity (Wildman–Crippen MR) is 90.6 cm³/mol. The normalized spacial score (nSPS) is 22.2. The molecule has 0 saturated carbocycles. The summed E-state index contributed by atoms with van der Waals surface area (Å²) in [6.45, 7) is 2.04. The van der Waals surface area contributed by atoms with E-state index in [1.165, 1.54) is 0 Å². The molecule has 1 unspecified atom stereocenters. The minimum atomic E-state index is -0.189. The molecule has 25 heavy (non-hydrogen) atoms. The summed E-state index contributed by atoms with van der Waals surface area (Å²) >= 11 is 0. The van der Waals surface area contributed by atoms with Crippen LogP contribution in [0.5, 0.6) is 0 Å². The van der Waals surface area contributed by atoms with Gasteiger partial charge >= 0.3 is 0 Å². The van der Waals surface area contributed by atoms with E-state index in [2.05, 4.69) is 15.4 Å². The fraction of sp³-hybridized carbons (Fsp3) is 0.500. The minimum Gasteiger partial charge on any atom is -0.381 e. The summed E-state index contributed by atoms with van der Waals surface area (Å²) in [5, 5.41) is 7.12. The lowest BCUT2D eigenvalue weighted by atomic mass is 9.91. The number of carbonyl (C=O) groups excluding carboxylic acids is 1. The van der Waals surface area contributed by atoms with Gasteiger partial charge in [-0.05, 0) is 43.9 Å². The molecule has 2 aromatic heterocycles. The molecule has 4 rings (SSSR count). The Labute approximate surface area is 146 Å². The van der Waals surface area contributed by atoms with Gasteiger partial charge in [0, 0.05) is 38.3 Å². The van der Waals surface area contributed by atoms with Crippen LogP contribution in [0.3, 0.4) is 0 Å². The van der Waals surface area contributed by atoms with E-state index in [4.69, 9.17) is 9.47 Å². The van der Waals surface area contributed by atoms with Crippen LogP contribution >= 0.6 is 0 Å². The summed E-state index contributed by atoms with van der Waals surface area (Å²) in [4.78, 5) is 16.6. The lowest BCUT2D eigenvalue weighted by Gasteiger charge is -2.33. The van der Waals surface area contributed by atoms with Gasteiger partial charge in [-0.25, -0.2) is 4.68 Å². The molecular weight excluding hydrogens is 320 g/mol. The molecule has 2 aromatic rings. The largest absolute Gasteiger partial charge is 0.381 e. The van der Waals surface area contributed by atoms with Crippen molar-refractivity contribution in [3.05, 3.63) is 42.5 Å². The molecule has 1 amide bonds. The van der Waals surface area contributed by atoms with E-state index in [0.29, 0.717) is 12.2 Å². The van der Waals surface area contributed by atoms with Crippen molar-refractivity contribution < 1.29 is 14.3 Å². The first-order chi connectivity index (χ1) is 12.2. The van der Waals surface area contributed by atoms with Gasteiger partial charge in [-0.1, -0.05) is 0 Å². The van der Waals surface area contributed by atoms with E-state index in [1.807, 2.05) is 18.3 Å². The summed E-state index contributed by atoms with van der Waals surface area (Å²) in [6.07, 6.45) is 9.13. The van der Waals surface area contributed by atoms with Crippen molar-refractivity contribution in [3.8, 4) is 5.69 Å². The molecule has 1 atom stereocenters. The summed E-state index contributed by atoms with van der Waals surface area (Å²) in [5.74, 6) is -0.189. The molecule has 0 bridgehead atoms. The molecule has 2 fully saturated rings. The number of aromatic nitrogens is 3. The Morgan fingerprint density at radius 1 is 1.32 bits per heavy atom. The van der Waals surface area contributed by atoms with Gasteiger partial charge < -0.3 is 14.8 Å². The van der Waals surface area contributed by atoms with Crippen LogP contribution in [-0.4, -0.2) is 52.1 Å². The zero-order valence-corrected chi connectivity index (χ0v) is 14.1. The molecule has 2 aliphatic rings. The number of amides is 1. The number of ether oxygens (including phenoxy) is 2. The van der Waals surface area contributed by atoms with E-state index >= 15 is 0 Å². The monoisotopic (exact) mass is 342 g/mol. The van der Waals surface area contributed by atoms with E-state index in [1.54, 1.807) is 23.1 Å². The van der Waals surface area contributed by atoms with Crippen LogP contribution in [0.25, 0.3) is 5.69 Å². The van der Waals surface area contributed by atoms with Gasteiger partial charge in [-0.15, -0.1) is 0 Å². The molecule has 2 aliphatic heterocycles. The maximum absolute atomic E-state index is 12.4. The molecular formula is C18H22N4O3. The second kappa shape index (κ2) is 6.93. The Bertz CT molecular complexity index is 726. The molecule has 1 spiro atoms. The van der Waals surface area contributed by atoms with Gasteiger partial charge in [-0.3, -0.25) is 9.78 Å². The van der Waals surface area contributed by atoms with Gasteiger partial charge in [0.2, 0.25) is 0 Å². The first-order valence-corrected chi connectivity index (χ1v) is 8.74. The molecule has 1 N–H and O–H groups in total. The number of nitrogens with one attached hydrogen (secondary N) is 1. The third-order valence-corrected chi connectivity index (χ3v) is 4.98. The molecule has 0 radical (unpaired) electrons. The average molecular weight is 342 g/mol. The second-order valence-electron chi connectivity index (χ2n) is 6.63. The summed E-state index contributed by atoms with van der Waals surface area (Å²) in [7, 11) is 0. The Morgan fingerprint density at radius 2 is 2.20 bits per heavy atom. The van der Waals surface area contributed by atoms with Crippen LogP contribution in [0.1, 0.15) is 36.2 Å². The van der Waals surface area contributed by atoms with E-state index in [9.17, 15) is 4.79 Å². The highest BCUT2D eigenvalue weighted by atomic mass is 16.5. The zero-order chi connectivity index (χ0) is 17.1. The van der Waals surface area contributed by atoms with Crippen LogP contribution < -0.4 is 5.32 Å². The molecule has 4 heterocycles. The fourth-order valence-corrected chi connectivity index (χ4v) is 3.56. The first kappa shape index (κ1) is 16.2. The minimum absolute atomic E-state index is 0.0358. The number of nitrogens with zero attached hydrogens (tertiary/aromatic N) is 3. The smallest absolute Gasteiger partial charge is 0.270 e. The highest BCUT2D eigenvalue weighted by Gasteiger charge is 2.41. The Hall–Kier alpha value is -2.25. The fourth-order valence-electron chi connectivity index (χ4n) is 3.56. The molecule has 132 valence electrons. The lowest BCUT2D eigenvalue weighted by Crippen LogP contribution is -2.39. The van der Waals surface area contributed by atoms with Gasteiger partial charge in [0.25, 0.3) is 5.91 Å². The van der Waals surface area contributed by atoms with Crippen LogP contribution in [0.2, 0.25) is 0 Å². The van der Waals surface area contributed by atoms with Crippen LogP contribution in [-0.2, 0) is 9.47 Å². The summed E-state index contributed by atoms with van der Waals surface area (Å²) in [6, 6.07) is 5.39. The van der Waals surface area contributed by atoms with Gasteiger partial charge in [-0.2, -0.15) is 5.10 Å². The third kappa shape index (κ3) is 3.57. The molecule has 0 aromatic carbocycles. The van der Waals surface area contributed by atoms with Crippen LogP contribution in [0, 0.1) is 0 Å². The maximum atomic E-state index is 12.4. The van der Waals surface area contributed by atoms with Crippen molar-refractivity contribution in [2.75, 3.05) is 19.8 Å². The highest BCUT2D eigenvalue weighted by Crippen LogP contribution is 2.38. The van der Waals surface area contributed by atoms with Crippen LogP contribution in [0.15, 0.2) is 36.8 Å². The number of rotatable bonds is 4. The Kier molecular flexibility index (Phi) is 4.50. The first-order valence-electron chi connectivity index (χ1n) is 8.74. The predicted octanol–water partition coefficient (Wildman–Crippen LogP) is 1.73. The number of pyridine rings is 1. The quantitative estimate of drug-likeness (QED) is 0.915. The number of hydrogen-bond donors (Lipinski definition) is 1. The molecule has 7 heteroatoms. The van der Waals surface area contributed by atoms with E-state index in [0.717, 1.165) is 44.6 Å². The Balaban J connectivity index is 1.34. The molecule has 2 saturated heterocycles. The van der Waals surface area contributed by atoms with Crippen LogP contribution in [0.4, 0.5) is 0 Å². The standard InChI is InChI=1S/C18H22N4O3/c23-17(16-12-14(3-8-19-16)22-9-1-7-21-22)20-13-15-2-4-18(25-15)5-10-24-11-6-18/h1,3,7-9,12,15H,2,4-6,10-11,13H2,(H,20,23). The van der Waals surface area contributed by atoms with Crippen molar-refractivity contribution in [1.29, 1.82) is 0 Å². The summed E-state index contributed by atoms with van der Waals surface area (Å²) < 4.78 is 13.4. The molecule has 7 nitrogen and oxygen atoms in total. The molecule has 0 aliphatic carbocycles. The van der Waals surface area contributed by atoms with Crippen molar-refractivity contribution >= 4 is 5.91 Å².